The molecule has 2 aliphatic heterocycles. The molecular formula is C28H34N2O5. The van der Waals surface area contributed by atoms with E-state index in [0.717, 1.165) is 43.3 Å². The SMILES string of the molecule is CCCCCCOC(=O)[C@]12O[C@@]1(C/C=C(\C)CCC1=CCNC(N)=C1)C(=O)c1ccccc1C2=O. The number of fused-ring (bicyclic) bond motifs is 2. The van der Waals surface area contributed by atoms with Crippen molar-refractivity contribution in [2.24, 2.45) is 5.73 Å². The molecule has 186 valence electrons. The van der Waals surface area contributed by atoms with E-state index < -0.39 is 23.0 Å². The molecule has 0 spiro atoms. The van der Waals surface area contributed by atoms with Gasteiger partial charge in [0.05, 0.1) is 12.4 Å². The number of nitrogens with two attached hydrogens (primary N) is 1. The second-order valence-electron chi connectivity index (χ2n) is 9.52. The van der Waals surface area contributed by atoms with Crippen molar-refractivity contribution in [1.29, 1.82) is 0 Å². The van der Waals surface area contributed by atoms with E-state index in [1.165, 1.54) is 0 Å². The molecule has 1 aromatic carbocycles. The highest BCUT2D eigenvalue weighted by Gasteiger charge is 2.85. The predicted molar refractivity (Wildman–Crippen MR) is 133 cm³/mol. The van der Waals surface area contributed by atoms with Crippen molar-refractivity contribution in [3.05, 3.63) is 70.6 Å². The average Bonchev–Trinajstić information content (AvgIpc) is 3.57. The highest BCUT2D eigenvalue weighted by Crippen LogP contribution is 2.58. The van der Waals surface area contributed by atoms with E-state index in [-0.39, 0.29) is 24.4 Å². The summed E-state index contributed by atoms with van der Waals surface area (Å²) in [5.74, 6) is -0.931. The van der Waals surface area contributed by atoms with E-state index in [1.807, 2.05) is 19.1 Å². The number of carbonyl (C=O) groups excluding carboxylic acids is 3. The summed E-state index contributed by atoms with van der Waals surface area (Å²) < 4.78 is 11.4. The van der Waals surface area contributed by atoms with Gasteiger partial charge in [-0.05, 0) is 37.8 Å². The summed E-state index contributed by atoms with van der Waals surface area (Å²) in [7, 11) is 0. The fourth-order valence-electron chi connectivity index (χ4n) is 4.88. The zero-order chi connectivity index (χ0) is 25.1. The fourth-order valence-corrected chi connectivity index (χ4v) is 4.88. The molecule has 0 amide bonds. The van der Waals surface area contributed by atoms with Crippen LogP contribution in [0, 0.1) is 0 Å². The number of carbonyl (C=O) groups is 3. The van der Waals surface area contributed by atoms with Gasteiger partial charge in [0.2, 0.25) is 5.78 Å². The number of hydrogen-bond donors (Lipinski definition) is 2. The van der Waals surface area contributed by atoms with Crippen LogP contribution in [0.2, 0.25) is 0 Å². The first kappa shape index (κ1) is 24.9. The molecule has 4 rings (SSSR count). The molecular weight excluding hydrogens is 444 g/mol. The highest BCUT2D eigenvalue weighted by atomic mass is 16.7. The molecule has 35 heavy (non-hydrogen) atoms. The number of hydrogen-bond acceptors (Lipinski definition) is 7. The van der Waals surface area contributed by atoms with Crippen molar-refractivity contribution in [2.75, 3.05) is 13.2 Å². The molecule has 0 unspecified atom stereocenters. The zero-order valence-corrected chi connectivity index (χ0v) is 20.5. The third kappa shape index (κ3) is 4.57. The number of esters is 1. The van der Waals surface area contributed by atoms with Gasteiger partial charge in [-0.1, -0.05) is 68.2 Å². The molecule has 3 aliphatic rings. The summed E-state index contributed by atoms with van der Waals surface area (Å²) in [4.78, 5) is 40.2. The van der Waals surface area contributed by atoms with Gasteiger partial charge in [-0.25, -0.2) is 4.79 Å². The van der Waals surface area contributed by atoms with E-state index >= 15 is 0 Å². The topological polar surface area (TPSA) is 111 Å². The van der Waals surface area contributed by atoms with E-state index in [4.69, 9.17) is 15.2 Å². The van der Waals surface area contributed by atoms with Crippen LogP contribution in [0.5, 0.6) is 0 Å². The number of rotatable bonds is 11. The summed E-state index contributed by atoms with van der Waals surface area (Å²) in [6, 6.07) is 6.59. The second-order valence-corrected chi connectivity index (χ2v) is 9.52. The lowest BCUT2D eigenvalue weighted by Crippen LogP contribution is -2.50. The second kappa shape index (κ2) is 10.2. The van der Waals surface area contributed by atoms with Crippen molar-refractivity contribution < 1.29 is 23.9 Å². The molecule has 1 aromatic rings. The van der Waals surface area contributed by atoms with Crippen LogP contribution in [0.3, 0.4) is 0 Å². The molecule has 2 heterocycles. The van der Waals surface area contributed by atoms with E-state index in [2.05, 4.69) is 18.3 Å². The number of nitrogens with one attached hydrogen (secondary N) is 1. The quantitative estimate of drug-likeness (QED) is 0.162. The van der Waals surface area contributed by atoms with Crippen molar-refractivity contribution in [3.8, 4) is 0 Å². The monoisotopic (exact) mass is 478 g/mol. The van der Waals surface area contributed by atoms with Crippen LogP contribution in [-0.2, 0) is 14.3 Å². The molecule has 7 nitrogen and oxygen atoms in total. The lowest BCUT2D eigenvalue weighted by atomic mass is 9.72. The van der Waals surface area contributed by atoms with Crippen LogP contribution in [0.25, 0.3) is 0 Å². The third-order valence-electron chi connectivity index (χ3n) is 7.03. The van der Waals surface area contributed by atoms with Crippen LogP contribution in [0.15, 0.2) is 59.5 Å². The molecule has 0 aromatic heterocycles. The molecule has 1 fully saturated rings. The van der Waals surface area contributed by atoms with Crippen molar-refractivity contribution in [2.45, 2.75) is 70.0 Å². The standard InChI is InChI=1S/C28H34N2O5/c1-3-4-5-8-17-34-26(33)28-25(32)22-10-7-6-9-21(22)24(31)27(28,35-28)15-13-19(2)11-12-20-14-16-30-23(29)18-20/h6-7,9-10,13-14,18,30H,3-5,8,11-12,15-17,29H2,1-2H3/b19-13+/t27-,28-/m0/s1. The van der Waals surface area contributed by atoms with E-state index in [0.29, 0.717) is 24.4 Å². The number of ketones is 2. The summed E-state index contributed by atoms with van der Waals surface area (Å²) in [6.07, 6.45) is 11.4. The smallest absolute Gasteiger partial charge is 0.350 e. The number of allylic oxidation sites excluding steroid dienone is 3. The number of Topliss-reactive ketones (excluding diaryl/α,β-unsaturated/α-hetero) is 2. The minimum absolute atomic E-state index is 0.140. The van der Waals surface area contributed by atoms with Crippen LogP contribution < -0.4 is 11.1 Å². The molecule has 0 radical (unpaired) electrons. The summed E-state index contributed by atoms with van der Waals surface area (Å²) in [6.45, 7) is 4.99. The Labute approximate surface area is 206 Å². The third-order valence-corrected chi connectivity index (χ3v) is 7.03. The number of dihydropyridines is 1. The Hall–Kier alpha value is -3.19. The first-order valence-electron chi connectivity index (χ1n) is 12.5. The summed E-state index contributed by atoms with van der Waals surface area (Å²) >= 11 is 0. The number of epoxide rings is 1. The van der Waals surface area contributed by atoms with E-state index in [9.17, 15) is 14.4 Å². The van der Waals surface area contributed by atoms with Crippen molar-refractivity contribution in [1.82, 2.24) is 5.32 Å². The minimum Gasteiger partial charge on any atom is -0.463 e. The molecule has 2 atom stereocenters. The maximum atomic E-state index is 13.6. The number of benzene rings is 1. The first-order chi connectivity index (χ1) is 16.9. The van der Waals surface area contributed by atoms with Gasteiger partial charge in [0, 0.05) is 24.1 Å². The largest absolute Gasteiger partial charge is 0.463 e. The van der Waals surface area contributed by atoms with Gasteiger partial charge in [-0.3, -0.25) is 9.59 Å². The van der Waals surface area contributed by atoms with Gasteiger partial charge in [0.1, 0.15) is 0 Å². The van der Waals surface area contributed by atoms with Crippen LogP contribution in [0.4, 0.5) is 0 Å². The van der Waals surface area contributed by atoms with Gasteiger partial charge < -0.3 is 20.5 Å². The Morgan fingerprint density at radius 3 is 2.63 bits per heavy atom. The lowest BCUT2D eigenvalue weighted by Gasteiger charge is -2.23. The van der Waals surface area contributed by atoms with Crippen LogP contribution >= 0.6 is 0 Å². The summed E-state index contributed by atoms with van der Waals surface area (Å²) in [5, 5.41) is 3.05. The Morgan fingerprint density at radius 2 is 1.91 bits per heavy atom. The lowest BCUT2D eigenvalue weighted by molar-refractivity contribution is -0.148. The number of unbranched alkanes of at least 4 members (excludes halogenated alkanes) is 3. The Kier molecular flexibility index (Phi) is 7.26. The fraction of sp³-hybridized carbons (Fsp3) is 0.464. The molecule has 7 heteroatoms. The Bertz CT molecular complexity index is 1120. The van der Waals surface area contributed by atoms with Gasteiger partial charge in [-0.15, -0.1) is 0 Å². The highest BCUT2D eigenvalue weighted by molar-refractivity contribution is 6.32. The maximum absolute atomic E-state index is 13.6. The molecule has 3 N–H and O–H groups in total. The molecule has 0 saturated carbocycles. The molecule has 0 bridgehead atoms. The van der Waals surface area contributed by atoms with Crippen molar-refractivity contribution in [3.63, 3.8) is 0 Å². The average molecular weight is 479 g/mol. The van der Waals surface area contributed by atoms with Gasteiger partial charge >= 0.3 is 5.97 Å². The normalized spacial score (nSPS) is 25.1. The zero-order valence-electron chi connectivity index (χ0n) is 20.5. The van der Waals surface area contributed by atoms with Crippen molar-refractivity contribution >= 4 is 17.5 Å². The van der Waals surface area contributed by atoms with Crippen LogP contribution in [0.1, 0.15) is 79.5 Å². The molecule has 1 aliphatic carbocycles. The number of ether oxygens (including phenoxy) is 2. The predicted octanol–water partition coefficient (Wildman–Crippen LogP) is 4.14. The van der Waals surface area contributed by atoms with Gasteiger partial charge in [0.15, 0.2) is 11.4 Å². The van der Waals surface area contributed by atoms with E-state index in [1.54, 1.807) is 24.3 Å². The first-order valence-corrected chi connectivity index (χ1v) is 12.5. The molecule has 1 saturated heterocycles. The van der Waals surface area contributed by atoms with Gasteiger partial charge in [-0.2, -0.15) is 0 Å². The van der Waals surface area contributed by atoms with Gasteiger partial charge in [0.25, 0.3) is 5.60 Å². The minimum atomic E-state index is -1.89. The Morgan fingerprint density at radius 1 is 1.17 bits per heavy atom. The Balaban J connectivity index is 1.52. The summed E-state index contributed by atoms with van der Waals surface area (Å²) in [5.41, 5.74) is 5.12. The van der Waals surface area contributed by atoms with Crippen LogP contribution in [-0.4, -0.2) is 41.9 Å². The maximum Gasteiger partial charge on any atom is 0.350 e.